The van der Waals surface area contributed by atoms with E-state index in [1.807, 2.05) is 13.8 Å². The maximum absolute atomic E-state index is 13.6. The average molecular weight is 205 g/mol. The molecule has 0 saturated heterocycles. The minimum atomic E-state index is -0.311. The maximum atomic E-state index is 13.6. The number of halogens is 1. The highest BCUT2D eigenvalue weighted by Crippen LogP contribution is 2.25. The van der Waals surface area contributed by atoms with Gasteiger partial charge in [-0.25, -0.2) is 4.39 Å². The number of hydrogen-bond acceptors (Lipinski definition) is 1. The van der Waals surface area contributed by atoms with Gasteiger partial charge >= 0.3 is 0 Å². The zero-order valence-corrected chi connectivity index (χ0v) is 8.67. The zero-order chi connectivity index (χ0) is 11.0. The van der Waals surface area contributed by atoms with E-state index >= 15 is 0 Å². The second-order valence-electron chi connectivity index (χ2n) is 3.89. The van der Waals surface area contributed by atoms with Crippen LogP contribution in [0.3, 0.4) is 0 Å². The standard InChI is InChI=1S/C12H12FNO/c1-7(2)10-9(13)4-3-8-5-6-14-12(15)11(8)10/h3-7H,1-2H3,(H,14,15). The lowest BCUT2D eigenvalue weighted by molar-refractivity contribution is 0.602. The number of nitrogens with one attached hydrogen (secondary N) is 1. The molecule has 0 aliphatic carbocycles. The van der Waals surface area contributed by atoms with Crippen molar-refractivity contribution in [3.05, 3.63) is 46.1 Å². The summed E-state index contributed by atoms with van der Waals surface area (Å²) in [6.07, 6.45) is 1.58. The van der Waals surface area contributed by atoms with Crippen LogP contribution in [0, 0.1) is 5.82 Å². The fraction of sp³-hybridized carbons (Fsp3) is 0.250. The molecule has 78 valence electrons. The molecule has 1 heterocycles. The first-order chi connectivity index (χ1) is 7.11. The first-order valence-electron chi connectivity index (χ1n) is 4.91. The van der Waals surface area contributed by atoms with E-state index in [4.69, 9.17) is 0 Å². The van der Waals surface area contributed by atoms with E-state index in [9.17, 15) is 9.18 Å². The molecular weight excluding hydrogens is 193 g/mol. The van der Waals surface area contributed by atoms with Crippen LogP contribution >= 0.6 is 0 Å². The highest BCUT2D eigenvalue weighted by atomic mass is 19.1. The van der Waals surface area contributed by atoms with Gasteiger partial charge in [0.25, 0.3) is 5.56 Å². The summed E-state index contributed by atoms with van der Waals surface area (Å²) in [5, 5.41) is 1.25. The van der Waals surface area contributed by atoms with E-state index in [1.54, 1.807) is 18.3 Å². The van der Waals surface area contributed by atoms with Gasteiger partial charge in [-0.1, -0.05) is 19.9 Å². The van der Waals surface area contributed by atoms with Gasteiger partial charge in [0.05, 0.1) is 5.39 Å². The molecule has 0 bridgehead atoms. The minimum Gasteiger partial charge on any atom is -0.329 e. The summed E-state index contributed by atoms with van der Waals surface area (Å²) >= 11 is 0. The zero-order valence-electron chi connectivity index (χ0n) is 8.67. The van der Waals surface area contributed by atoms with Crippen LogP contribution in [0.5, 0.6) is 0 Å². The van der Waals surface area contributed by atoms with E-state index < -0.39 is 0 Å². The van der Waals surface area contributed by atoms with Crippen LogP contribution in [0.25, 0.3) is 10.8 Å². The Labute approximate surface area is 86.8 Å². The summed E-state index contributed by atoms with van der Waals surface area (Å²) < 4.78 is 13.6. The van der Waals surface area contributed by atoms with Crippen molar-refractivity contribution in [2.45, 2.75) is 19.8 Å². The van der Waals surface area contributed by atoms with Gasteiger partial charge in [-0.15, -0.1) is 0 Å². The Morgan fingerprint density at radius 1 is 1.27 bits per heavy atom. The normalized spacial score (nSPS) is 11.2. The van der Waals surface area contributed by atoms with Crippen molar-refractivity contribution in [2.75, 3.05) is 0 Å². The van der Waals surface area contributed by atoms with Crippen LogP contribution in [0.15, 0.2) is 29.2 Å². The van der Waals surface area contributed by atoms with E-state index in [2.05, 4.69) is 4.98 Å². The fourth-order valence-electron chi connectivity index (χ4n) is 1.85. The van der Waals surface area contributed by atoms with Crippen LogP contribution in [0.4, 0.5) is 4.39 Å². The predicted molar refractivity (Wildman–Crippen MR) is 58.6 cm³/mol. The van der Waals surface area contributed by atoms with Crippen molar-refractivity contribution in [3.63, 3.8) is 0 Å². The molecule has 1 aromatic carbocycles. The second-order valence-corrected chi connectivity index (χ2v) is 3.89. The molecule has 0 aliphatic rings. The summed E-state index contributed by atoms with van der Waals surface area (Å²) in [5.41, 5.74) is 0.269. The summed E-state index contributed by atoms with van der Waals surface area (Å²) in [7, 11) is 0. The number of pyridine rings is 1. The lowest BCUT2D eigenvalue weighted by Crippen LogP contribution is -2.09. The lowest BCUT2D eigenvalue weighted by Gasteiger charge is -2.09. The number of aromatic amines is 1. The third-order valence-electron chi connectivity index (χ3n) is 2.51. The molecule has 0 saturated carbocycles. The number of benzene rings is 1. The van der Waals surface area contributed by atoms with Crippen molar-refractivity contribution < 1.29 is 4.39 Å². The Bertz CT molecular complexity index is 557. The highest BCUT2D eigenvalue weighted by Gasteiger charge is 2.13. The molecule has 2 nitrogen and oxygen atoms in total. The highest BCUT2D eigenvalue weighted by molar-refractivity contribution is 5.85. The molecule has 0 radical (unpaired) electrons. The summed E-state index contributed by atoms with van der Waals surface area (Å²) in [6.45, 7) is 3.76. The number of H-pyrrole nitrogens is 1. The van der Waals surface area contributed by atoms with Crippen molar-refractivity contribution in [1.29, 1.82) is 0 Å². The van der Waals surface area contributed by atoms with Gasteiger partial charge in [-0.05, 0) is 23.4 Å². The van der Waals surface area contributed by atoms with Gasteiger partial charge in [0.1, 0.15) is 5.82 Å². The van der Waals surface area contributed by atoms with Gasteiger partial charge in [-0.2, -0.15) is 0 Å². The van der Waals surface area contributed by atoms with Crippen LogP contribution in [0.2, 0.25) is 0 Å². The fourth-order valence-corrected chi connectivity index (χ4v) is 1.85. The Kier molecular flexibility index (Phi) is 2.31. The second kappa shape index (κ2) is 3.50. The van der Waals surface area contributed by atoms with Crippen molar-refractivity contribution in [3.8, 4) is 0 Å². The van der Waals surface area contributed by atoms with E-state index in [0.717, 1.165) is 5.39 Å². The molecule has 0 unspecified atom stereocenters. The Balaban J connectivity index is 2.98. The van der Waals surface area contributed by atoms with Crippen molar-refractivity contribution >= 4 is 10.8 Å². The number of rotatable bonds is 1. The van der Waals surface area contributed by atoms with Crippen molar-refractivity contribution in [1.82, 2.24) is 4.98 Å². The molecule has 15 heavy (non-hydrogen) atoms. The van der Waals surface area contributed by atoms with E-state index in [1.165, 1.54) is 6.07 Å². The van der Waals surface area contributed by atoms with Crippen LogP contribution < -0.4 is 5.56 Å². The van der Waals surface area contributed by atoms with Gasteiger partial charge in [-0.3, -0.25) is 4.79 Å². The Morgan fingerprint density at radius 2 is 2.00 bits per heavy atom. The molecule has 0 fully saturated rings. The molecule has 1 N–H and O–H groups in total. The molecule has 0 atom stereocenters. The first kappa shape index (κ1) is 9.90. The van der Waals surface area contributed by atoms with Crippen molar-refractivity contribution in [2.24, 2.45) is 0 Å². The van der Waals surface area contributed by atoms with Crippen LogP contribution in [-0.2, 0) is 0 Å². The monoisotopic (exact) mass is 205 g/mol. The molecule has 0 spiro atoms. The molecule has 2 rings (SSSR count). The van der Waals surface area contributed by atoms with Gasteiger partial charge < -0.3 is 4.98 Å². The third kappa shape index (κ3) is 1.54. The SMILES string of the molecule is CC(C)c1c(F)ccc2cc[nH]c(=O)c12. The molecule has 0 aliphatic heterocycles. The largest absolute Gasteiger partial charge is 0.329 e. The molecular formula is C12H12FNO. The number of aromatic nitrogens is 1. The maximum Gasteiger partial charge on any atom is 0.256 e. The lowest BCUT2D eigenvalue weighted by atomic mass is 9.97. The Hall–Kier alpha value is -1.64. The smallest absolute Gasteiger partial charge is 0.256 e. The first-order valence-corrected chi connectivity index (χ1v) is 4.91. The quantitative estimate of drug-likeness (QED) is 0.762. The number of fused-ring (bicyclic) bond motifs is 1. The molecule has 2 aromatic rings. The van der Waals surface area contributed by atoms with E-state index in [-0.39, 0.29) is 17.3 Å². The summed E-state index contributed by atoms with van der Waals surface area (Å²) in [5.74, 6) is -0.314. The molecule has 1 aromatic heterocycles. The Morgan fingerprint density at radius 3 is 2.67 bits per heavy atom. The van der Waals surface area contributed by atoms with Crippen LogP contribution in [0.1, 0.15) is 25.3 Å². The predicted octanol–water partition coefficient (Wildman–Crippen LogP) is 2.79. The average Bonchev–Trinajstić information content (AvgIpc) is 2.18. The van der Waals surface area contributed by atoms with Gasteiger partial charge in [0, 0.05) is 11.8 Å². The van der Waals surface area contributed by atoms with Crippen LogP contribution in [-0.4, -0.2) is 4.98 Å². The third-order valence-corrected chi connectivity index (χ3v) is 2.51. The topological polar surface area (TPSA) is 32.9 Å². The van der Waals surface area contributed by atoms with Gasteiger partial charge in [0.15, 0.2) is 0 Å². The summed E-state index contributed by atoms with van der Waals surface area (Å²) in [6, 6.07) is 4.82. The molecule has 0 amide bonds. The number of hydrogen-bond donors (Lipinski definition) is 1. The van der Waals surface area contributed by atoms with E-state index in [0.29, 0.717) is 10.9 Å². The summed E-state index contributed by atoms with van der Waals surface area (Å²) in [4.78, 5) is 14.2. The van der Waals surface area contributed by atoms with Gasteiger partial charge in [0.2, 0.25) is 0 Å². The minimum absolute atomic E-state index is 0.00259. The molecule has 3 heteroatoms.